The molecule has 0 atom stereocenters. The summed E-state index contributed by atoms with van der Waals surface area (Å²) in [7, 11) is 0. The number of aryl methyl sites for hydroxylation is 1. The SMILES string of the molecule is CCc1cc2c(=O)n(CC(=O)Nc3nccs3)c(SC)nc2s1. The van der Waals surface area contributed by atoms with Gasteiger partial charge in [0, 0.05) is 16.5 Å². The van der Waals surface area contributed by atoms with E-state index in [-0.39, 0.29) is 18.0 Å². The van der Waals surface area contributed by atoms with Crippen molar-refractivity contribution in [1.82, 2.24) is 14.5 Å². The second-order valence-corrected chi connectivity index (χ2v) is 7.44. The molecule has 0 bridgehead atoms. The Bertz CT molecular complexity index is 899. The van der Waals surface area contributed by atoms with Crippen molar-refractivity contribution >= 4 is 55.7 Å². The zero-order valence-electron chi connectivity index (χ0n) is 12.5. The summed E-state index contributed by atoms with van der Waals surface area (Å²) in [5.41, 5.74) is -0.176. The highest BCUT2D eigenvalue weighted by Crippen LogP contribution is 2.24. The highest BCUT2D eigenvalue weighted by molar-refractivity contribution is 7.98. The zero-order chi connectivity index (χ0) is 16.4. The molecule has 6 nitrogen and oxygen atoms in total. The van der Waals surface area contributed by atoms with Crippen molar-refractivity contribution in [2.45, 2.75) is 25.0 Å². The molecule has 0 radical (unpaired) electrons. The second kappa shape index (κ2) is 6.81. The summed E-state index contributed by atoms with van der Waals surface area (Å²) >= 11 is 4.22. The Hall–Kier alpha value is -1.71. The van der Waals surface area contributed by atoms with Crippen LogP contribution in [0.25, 0.3) is 10.2 Å². The summed E-state index contributed by atoms with van der Waals surface area (Å²) < 4.78 is 1.42. The van der Waals surface area contributed by atoms with Crippen LogP contribution in [0, 0.1) is 0 Å². The minimum Gasteiger partial charge on any atom is -0.300 e. The molecule has 3 aromatic heterocycles. The van der Waals surface area contributed by atoms with E-state index in [1.54, 1.807) is 11.6 Å². The van der Waals surface area contributed by atoms with Crippen LogP contribution in [0.2, 0.25) is 0 Å². The number of hydrogen-bond acceptors (Lipinski definition) is 7. The van der Waals surface area contributed by atoms with Crippen LogP contribution in [-0.4, -0.2) is 26.7 Å². The van der Waals surface area contributed by atoms with Gasteiger partial charge in [0.1, 0.15) is 11.4 Å². The van der Waals surface area contributed by atoms with Crippen molar-refractivity contribution in [3.05, 3.63) is 32.9 Å². The number of anilines is 1. The summed E-state index contributed by atoms with van der Waals surface area (Å²) in [5.74, 6) is -0.288. The molecule has 1 N–H and O–H groups in total. The maximum absolute atomic E-state index is 12.7. The third-order valence-corrected chi connectivity index (χ3v) is 5.72. The number of aromatic nitrogens is 3. The fourth-order valence-electron chi connectivity index (χ4n) is 2.10. The van der Waals surface area contributed by atoms with E-state index in [9.17, 15) is 9.59 Å². The molecule has 3 rings (SSSR count). The first-order chi connectivity index (χ1) is 11.1. The fraction of sp³-hybridized carbons (Fsp3) is 0.286. The highest BCUT2D eigenvalue weighted by atomic mass is 32.2. The lowest BCUT2D eigenvalue weighted by atomic mass is 10.3. The van der Waals surface area contributed by atoms with Crippen molar-refractivity contribution < 1.29 is 4.79 Å². The van der Waals surface area contributed by atoms with Crippen molar-refractivity contribution in [3.8, 4) is 0 Å². The molecule has 0 saturated heterocycles. The maximum atomic E-state index is 12.7. The number of fused-ring (bicyclic) bond motifs is 1. The molecule has 0 saturated carbocycles. The van der Waals surface area contributed by atoms with Gasteiger partial charge >= 0.3 is 0 Å². The van der Waals surface area contributed by atoms with E-state index in [1.165, 1.54) is 39.0 Å². The predicted molar refractivity (Wildman–Crippen MR) is 95.8 cm³/mol. The Morgan fingerprint density at radius 2 is 2.30 bits per heavy atom. The third kappa shape index (κ3) is 3.31. The molecule has 0 aliphatic heterocycles. The summed E-state index contributed by atoms with van der Waals surface area (Å²) in [6.07, 6.45) is 4.32. The van der Waals surface area contributed by atoms with Crippen molar-refractivity contribution in [1.29, 1.82) is 0 Å². The number of carbonyl (C=O) groups is 1. The smallest absolute Gasteiger partial charge is 0.263 e. The number of thiophene rings is 1. The normalized spacial score (nSPS) is 11.0. The van der Waals surface area contributed by atoms with E-state index < -0.39 is 0 Å². The Morgan fingerprint density at radius 3 is 2.96 bits per heavy atom. The van der Waals surface area contributed by atoms with Gasteiger partial charge in [0.2, 0.25) is 5.91 Å². The number of carbonyl (C=O) groups excluding carboxylic acids is 1. The molecule has 0 unspecified atom stereocenters. The van der Waals surface area contributed by atoms with Gasteiger partial charge in [-0.2, -0.15) is 0 Å². The average Bonchev–Trinajstić information content (AvgIpc) is 3.18. The summed E-state index contributed by atoms with van der Waals surface area (Å²) in [5, 5.41) is 6.10. The third-order valence-electron chi connectivity index (χ3n) is 3.18. The van der Waals surface area contributed by atoms with Crippen molar-refractivity contribution in [2.24, 2.45) is 0 Å². The molecule has 120 valence electrons. The van der Waals surface area contributed by atoms with E-state index in [4.69, 9.17) is 0 Å². The number of amides is 1. The molecule has 9 heteroatoms. The standard InChI is InChI=1S/C14H14N4O2S3/c1-3-8-6-9-11(23-8)17-14(21-2)18(12(9)20)7-10(19)16-13-15-4-5-22-13/h4-6H,3,7H2,1-2H3,(H,15,16,19). The first-order valence-electron chi connectivity index (χ1n) is 6.89. The fourth-order valence-corrected chi connectivity index (χ4v) is 4.22. The lowest BCUT2D eigenvalue weighted by molar-refractivity contribution is -0.116. The van der Waals surface area contributed by atoms with Gasteiger partial charge in [-0.3, -0.25) is 14.2 Å². The highest BCUT2D eigenvalue weighted by Gasteiger charge is 2.16. The van der Waals surface area contributed by atoms with Gasteiger partial charge in [0.05, 0.1) is 5.39 Å². The van der Waals surface area contributed by atoms with Crippen LogP contribution in [0.3, 0.4) is 0 Å². The first-order valence-corrected chi connectivity index (χ1v) is 9.81. The molecule has 23 heavy (non-hydrogen) atoms. The summed E-state index contributed by atoms with van der Waals surface area (Å²) in [6, 6.07) is 1.87. The van der Waals surface area contributed by atoms with Crippen LogP contribution >= 0.6 is 34.4 Å². The van der Waals surface area contributed by atoms with Gasteiger partial charge in [0.25, 0.3) is 5.56 Å². The van der Waals surface area contributed by atoms with Crippen LogP contribution in [0.5, 0.6) is 0 Å². The Balaban J connectivity index is 1.96. The average molecular weight is 366 g/mol. The molecule has 0 aromatic carbocycles. The van der Waals surface area contributed by atoms with E-state index in [0.717, 1.165) is 16.1 Å². The monoisotopic (exact) mass is 366 g/mol. The quantitative estimate of drug-likeness (QED) is 0.555. The van der Waals surface area contributed by atoms with Gasteiger partial charge in [-0.05, 0) is 18.7 Å². The molecule has 0 fully saturated rings. The number of nitrogens with one attached hydrogen (secondary N) is 1. The number of nitrogens with zero attached hydrogens (tertiary/aromatic N) is 3. The molecular formula is C14H14N4O2S3. The van der Waals surface area contributed by atoms with E-state index in [2.05, 4.69) is 15.3 Å². The number of thioether (sulfide) groups is 1. The van der Waals surface area contributed by atoms with Crippen LogP contribution in [-0.2, 0) is 17.8 Å². The Morgan fingerprint density at radius 1 is 1.48 bits per heavy atom. The summed E-state index contributed by atoms with van der Waals surface area (Å²) in [4.78, 5) is 35.2. The molecule has 0 aliphatic rings. The van der Waals surface area contributed by atoms with Crippen LogP contribution in [0.4, 0.5) is 5.13 Å². The van der Waals surface area contributed by atoms with Crippen molar-refractivity contribution in [2.75, 3.05) is 11.6 Å². The predicted octanol–water partition coefficient (Wildman–Crippen LogP) is 2.84. The van der Waals surface area contributed by atoms with Crippen LogP contribution in [0.1, 0.15) is 11.8 Å². The minimum absolute atomic E-state index is 0.0746. The van der Waals surface area contributed by atoms with Gasteiger partial charge in [-0.25, -0.2) is 9.97 Å². The van der Waals surface area contributed by atoms with Gasteiger partial charge in [0.15, 0.2) is 10.3 Å². The molecule has 0 spiro atoms. The van der Waals surface area contributed by atoms with Crippen LogP contribution in [0.15, 0.2) is 27.6 Å². The number of thiazole rings is 1. The number of rotatable bonds is 5. The zero-order valence-corrected chi connectivity index (χ0v) is 15.0. The van der Waals surface area contributed by atoms with E-state index >= 15 is 0 Å². The molecule has 3 heterocycles. The van der Waals surface area contributed by atoms with Crippen molar-refractivity contribution in [3.63, 3.8) is 0 Å². The molecule has 0 aliphatic carbocycles. The molecular weight excluding hydrogens is 352 g/mol. The lowest BCUT2D eigenvalue weighted by Crippen LogP contribution is -2.29. The van der Waals surface area contributed by atoms with Gasteiger partial charge < -0.3 is 5.32 Å². The lowest BCUT2D eigenvalue weighted by Gasteiger charge is -2.09. The van der Waals surface area contributed by atoms with Gasteiger partial charge in [-0.15, -0.1) is 22.7 Å². The topological polar surface area (TPSA) is 76.9 Å². The Kier molecular flexibility index (Phi) is 4.79. The summed E-state index contributed by atoms with van der Waals surface area (Å²) in [6.45, 7) is 1.97. The maximum Gasteiger partial charge on any atom is 0.263 e. The minimum atomic E-state index is -0.288. The largest absolute Gasteiger partial charge is 0.300 e. The van der Waals surface area contributed by atoms with Crippen LogP contribution < -0.4 is 10.9 Å². The van der Waals surface area contributed by atoms with Gasteiger partial charge in [-0.1, -0.05) is 18.7 Å². The molecule has 3 aromatic rings. The Labute approximate surface area is 144 Å². The first kappa shape index (κ1) is 16.2. The van der Waals surface area contributed by atoms with E-state index in [0.29, 0.717) is 15.7 Å². The molecule has 1 amide bonds. The van der Waals surface area contributed by atoms with E-state index in [1.807, 2.05) is 19.2 Å². The number of hydrogen-bond donors (Lipinski definition) is 1. The second-order valence-electron chi connectivity index (χ2n) is 4.66.